The van der Waals surface area contributed by atoms with Crippen molar-refractivity contribution in [1.82, 2.24) is 10.6 Å². The van der Waals surface area contributed by atoms with E-state index in [1.165, 1.54) is 48.8 Å². The first-order chi connectivity index (χ1) is 11.2. The number of rotatable bonds is 4. The molecule has 1 aromatic rings. The summed E-state index contributed by atoms with van der Waals surface area (Å²) in [4.78, 5) is 12.9. The van der Waals surface area contributed by atoms with Crippen LogP contribution < -0.4 is 10.6 Å². The molecule has 3 nitrogen and oxygen atoms in total. The van der Waals surface area contributed by atoms with Gasteiger partial charge in [0.2, 0.25) is 5.91 Å². The van der Waals surface area contributed by atoms with Crippen LogP contribution >= 0.6 is 12.4 Å². The van der Waals surface area contributed by atoms with Gasteiger partial charge in [-0.2, -0.15) is 0 Å². The van der Waals surface area contributed by atoms with E-state index in [0.717, 1.165) is 19.3 Å². The molecule has 0 aromatic heterocycles. The van der Waals surface area contributed by atoms with Crippen LogP contribution in [0.4, 0.5) is 0 Å². The molecular weight excluding hydrogens is 320 g/mol. The van der Waals surface area contributed by atoms with Crippen LogP contribution in [0.15, 0.2) is 18.2 Å². The molecule has 1 amide bonds. The van der Waals surface area contributed by atoms with Gasteiger partial charge in [-0.15, -0.1) is 12.4 Å². The number of nitrogens with one attached hydrogen (secondary N) is 2. The Kier molecular flexibility index (Phi) is 5.22. The molecule has 0 unspecified atom stereocenters. The molecule has 24 heavy (non-hydrogen) atoms. The van der Waals surface area contributed by atoms with E-state index in [0.29, 0.717) is 18.6 Å². The SMILES string of the molecule is CC[C@@]1(C(=O)NCc2ccc3c(c2)CCCC3)C[C@@H]2CC[C@H]1N2.Cl. The lowest BCUT2D eigenvalue weighted by molar-refractivity contribution is -0.132. The number of halogens is 1. The van der Waals surface area contributed by atoms with Gasteiger partial charge in [0.1, 0.15) is 0 Å². The number of hydrogen-bond donors (Lipinski definition) is 2. The highest BCUT2D eigenvalue weighted by Gasteiger charge is 2.54. The second-order valence-corrected chi connectivity index (χ2v) is 7.70. The number of hydrogen-bond acceptors (Lipinski definition) is 2. The second-order valence-electron chi connectivity index (χ2n) is 7.70. The van der Waals surface area contributed by atoms with Crippen LogP contribution in [0.25, 0.3) is 0 Å². The molecule has 1 aromatic carbocycles. The average molecular weight is 349 g/mol. The molecule has 0 radical (unpaired) electrons. The van der Waals surface area contributed by atoms with Crippen LogP contribution in [0.5, 0.6) is 0 Å². The van der Waals surface area contributed by atoms with Gasteiger partial charge in [0, 0.05) is 18.6 Å². The Balaban J connectivity index is 0.00000169. The summed E-state index contributed by atoms with van der Waals surface area (Å²) in [6, 6.07) is 7.73. The van der Waals surface area contributed by atoms with E-state index in [1.54, 1.807) is 0 Å². The molecule has 2 saturated heterocycles. The summed E-state index contributed by atoms with van der Waals surface area (Å²) in [5.41, 5.74) is 4.08. The van der Waals surface area contributed by atoms with Crippen molar-refractivity contribution in [3.63, 3.8) is 0 Å². The molecule has 0 spiro atoms. The predicted molar refractivity (Wildman–Crippen MR) is 99.5 cm³/mol. The fourth-order valence-electron chi connectivity index (χ4n) is 5.06. The van der Waals surface area contributed by atoms with Crippen LogP contribution in [0, 0.1) is 5.41 Å². The third-order valence-corrected chi connectivity index (χ3v) is 6.47. The highest BCUT2D eigenvalue weighted by atomic mass is 35.5. The largest absolute Gasteiger partial charge is 0.351 e. The van der Waals surface area contributed by atoms with Crippen molar-refractivity contribution in [3.8, 4) is 0 Å². The summed E-state index contributed by atoms with van der Waals surface area (Å²) in [5, 5.41) is 6.87. The van der Waals surface area contributed by atoms with Crippen LogP contribution in [-0.4, -0.2) is 18.0 Å². The van der Waals surface area contributed by atoms with Crippen molar-refractivity contribution in [2.45, 2.75) is 76.9 Å². The maximum Gasteiger partial charge on any atom is 0.228 e. The van der Waals surface area contributed by atoms with E-state index in [4.69, 9.17) is 0 Å². The summed E-state index contributed by atoms with van der Waals surface area (Å²) in [6.07, 6.45) is 9.39. The number of benzene rings is 1. The number of amides is 1. The summed E-state index contributed by atoms with van der Waals surface area (Å²) in [6.45, 7) is 2.84. The summed E-state index contributed by atoms with van der Waals surface area (Å²) in [7, 11) is 0. The number of carbonyl (C=O) groups excluding carboxylic acids is 1. The zero-order chi connectivity index (χ0) is 15.9. The third-order valence-electron chi connectivity index (χ3n) is 6.47. The first-order valence-corrected chi connectivity index (χ1v) is 9.36. The Labute approximate surface area is 151 Å². The van der Waals surface area contributed by atoms with E-state index in [2.05, 4.69) is 35.8 Å². The molecule has 2 aliphatic heterocycles. The van der Waals surface area contributed by atoms with Crippen molar-refractivity contribution < 1.29 is 4.79 Å². The summed E-state index contributed by atoms with van der Waals surface area (Å²) >= 11 is 0. The normalized spacial score (nSPS) is 30.5. The average Bonchev–Trinajstić information content (AvgIpc) is 3.21. The molecular formula is C20H29ClN2O. The Hall–Kier alpha value is -1.06. The lowest BCUT2D eigenvalue weighted by atomic mass is 9.71. The van der Waals surface area contributed by atoms with Crippen LogP contribution in [0.3, 0.4) is 0 Å². The molecule has 1 aliphatic carbocycles. The van der Waals surface area contributed by atoms with E-state index in [9.17, 15) is 4.79 Å². The van der Waals surface area contributed by atoms with E-state index in [-0.39, 0.29) is 23.7 Å². The van der Waals surface area contributed by atoms with Gasteiger partial charge in [-0.25, -0.2) is 0 Å². The highest BCUT2D eigenvalue weighted by molar-refractivity contribution is 5.85. The molecule has 2 bridgehead atoms. The molecule has 3 aliphatic rings. The maximum atomic E-state index is 12.9. The predicted octanol–water partition coefficient (Wildman–Crippen LogP) is 3.52. The van der Waals surface area contributed by atoms with Gasteiger partial charge in [0.15, 0.2) is 0 Å². The molecule has 132 valence electrons. The topological polar surface area (TPSA) is 41.1 Å². The Morgan fingerprint density at radius 3 is 2.71 bits per heavy atom. The quantitative estimate of drug-likeness (QED) is 0.874. The Bertz CT molecular complexity index is 618. The Morgan fingerprint density at radius 2 is 2.04 bits per heavy atom. The monoisotopic (exact) mass is 348 g/mol. The molecule has 2 heterocycles. The molecule has 3 atom stereocenters. The van der Waals surface area contributed by atoms with Gasteiger partial charge in [-0.05, 0) is 68.1 Å². The van der Waals surface area contributed by atoms with Gasteiger partial charge in [0.25, 0.3) is 0 Å². The van der Waals surface area contributed by atoms with Gasteiger partial charge in [-0.3, -0.25) is 4.79 Å². The summed E-state index contributed by atoms with van der Waals surface area (Å²) < 4.78 is 0. The molecule has 2 fully saturated rings. The van der Waals surface area contributed by atoms with Gasteiger partial charge in [-0.1, -0.05) is 25.1 Å². The van der Waals surface area contributed by atoms with E-state index >= 15 is 0 Å². The maximum absolute atomic E-state index is 12.9. The third kappa shape index (κ3) is 2.97. The lowest BCUT2D eigenvalue weighted by Gasteiger charge is -2.34. The van der Waals surface area contributed by atoms with E-state index in [1.807, 2.05) is 0 Å². The smallest absolute Gasteiger partial charge is 0.228 e. The van der Waals surface area contributed by atoms with Crippen LogP contribution in [0.2, 0.25) is 0 Å². The highest BCUT2D eigenvalue weighted by Crippen LogP contribution is 2.45. The zero-order valence-corrected chi connectivity index (χ0v) is 15.4. The fourth-order valence-corrected chi connectivity index (χ4v) is 5.06. The second kappa shape index (κ2) is 7.05. The number of fused-ring (bicyclic) bond motifs is 3. The first-order valence-electron chi connectivity index (χ1n) is 9.36. The van der Waals surface area contributed by atoms with E-state index < -0.39 is 0 Å². The van der Waals surface area contributed by atoms with Crippen molar-refractivity contribution in [2.24, 2.45) is 5.41 Å². The minimum Gasteiger partial charge on any atom is -0.351 e. The van der Waals surface area contributed by atoms with Crippen molar-refractivity contribution in [2.75, 3.05) is 0 Å². The number of aryl methyl sites for hydroxylation is 2. The fraction of sp³-hybridized carbons (Fsp3) is 0.650. The zero-order valence-electron chi connectivity index (χ0n) is 14.6. The molecule has 4 heteroatoms. The summed E-state index contributed by atoms with van der Waals surface area (Å²) in [5.74, 6) is 0.262. The van der Waals surface area contributed by atoms with Gasteiger partial charge in [0.05, 0.1) is 5.41 Å². The minimum absolute atomic E-state index is 0. The minimum atomic E-state index is -0.170. The van der Waals surface area contributed by atoms with Crippen LogP contribution in [0.1, 0.15) is 62.1 Å². The lowest BCUT2D eigenvalue weighted by Crippen LogP contribution is -2.47. The van der Waals surface area contributed by atoms with Crippen molar-refractivity contribution in [3.05, 3.63) is 34.9 Å². The standard InChI is InChI=1S/C20H28N2O.ClH/c1-2-20(12-17-9-10-18(20)22-17)19(23)21-13-14-7-8-15-5-3-4-6-16(15)11-14;/h7-8,11,17-18,22H,2-6,9-10,12-13H2,1H3,(H,21,23);1H/t17-,18+,20+;/m0./s1. The van der Waals surface area contributed by atoms with Crippen LogP contribution in [-0.2, 0) is 24.2 Å². The molecule has 2 N–H and O–H groups in total. The Morgan fingerprint density at radius 1 is 1.25 bits per heavy atom. The first kappa shape index (κ1) is 17.8. The van der Waals surface area contributed by atoms with Gasteiger partial charge < -0.3 is 10.6 Å². The van der Waals surface area contributed by atoms with Crippen molar-refractivity contribution >= 4 is 18.3 Å². The molecule has 4 rings (SSSR count). The van der Waals surface area contributed by atoms with Crippen molar-refractivity contribution in [1.29, 1.82) is 0 Å². The molecule has 0 saturated carbocycles. The van der Waals surface area contributed by atoms with Gasteiger partial charge >= 0.3 is 0 Å². The number of carbonyl (C=O) groups is 1.